The minimum atomic E-state index is -0.0821. The Morgan fingerprint density at radius 3 is 2.43 bits per heavy atom. The van der Waals surface area contributed by atoms with Crippen molar-refractivity contribution in [2.24, 2.45) is 0 Å². The highest BCUT2D eigenvalue weighted by atomic mass is 16.6. The Morgan fingerprint density at radius 2 is 1.64 bits per heavy atom. The van der Waals surface area contributed by atoms with Gasteiger partial charge in [-0.1, -0.05) is 48.5 Å². The molecule has 140 valence electrons. The van der Waals surface area contributed by atoms with E-state index in [4.69, 9.17) is 14.2 Å². The van der Waals surface area contributed by atoms with Crippen LogP contribution in [0, 0.1) is 0 Å². The molecule has 3 aromatic rings. The molecule has 0 spiro atoms. The van der Waals surface area contributed by atoms with Crippen LogP contribution in [0.2, 0.25) is 0 Å². The van der Waals surface area contributed by atoms with Crippen LogP contribution in [-0.4, -0.2) is 19.0 Å². The van der Waals surface area contributed by atoms with Crippen molar-refractivity contribution in [3.8, 4) is 17.2 Å². The first-order valence-corrected chi connectivity index (χ1v) is 9.17. The average molecular weight is 372 g/mol. The fourth-order valence-electron chi connectivity index (χ4n) is 2.88. The molecule has 0 radical (unpaired) electrons. The first kappa shape index (κ1) is 17.9. The van der Waals surface area contributed by atoms with Gasteiger partial charge in [0.05, 0.1) is 0 Å². The second-order valence-electron chi connectivity index (χ2n) is 6.40. The lowest BCUT2D eigenvalue weighted by molar-refractivity contribution is 0.104. The van der Waals surface area contributed by atoms with E-state index >= 15 is 0 Å². The number of fused-ring (bicyclic) bond motifs is 1. The van der Waals surface area contributed by atoms with Gasteiger partial charge < -0.3 is 14.2 Å². The van der Waals surface area contributed by atoms with Crippen LogP contribution in [-0.2, 0) is 6.61 Å². The van der Waals surface area contributed by atoms with E-state index in [0.29, 0.717) is 36.9 Å². The quantitative estimate of drug-likeness (QED) is 0.454. The zero-order chi connectivity index (χ0) is 19.2. The van der Waals surface area contributed by atoms with Crippen LogP contribution in [0.5, 0.6) is 17.2 Å². The number of carbonyl (C=O) groups excluding carboxylic acids is 1. The molecule has 0 N–H and O–H groups in total. The van der Waals surface area contributed by atoms with Gasteiger partial charge in [0.15, 0.2) is 17.3 Å². The van der Waals surface area contributed by atoms with Crippen LogP contribution in [0.4, 0.5) is 0 Å². The zero-order valence-corrected chi connectivity index (χ0v) is 15.3. The Hall–Kier alpha value is -3.53. The molecule has 0 fully saturated rings. The predicted molar refractivity (Wildman–Crippen MR) is 108 cm³/mol. The maximum atomic E-state index is 12.4. The summed E-state index contributed by atoms with van der Waals surface area (Å²) in [5, 5.41) is 0. The van der Waals surface area contributed by atoms with E-state index in [1.165, 1.54) is 0 Å². The van der Waals surface area contributed by atoms with E-state index < -0.39 is 0 Å². The van der Waals surface area contributed by atoms with Gasteiger partial charge in [0, 0.05) is 5.56 Å². The third-order valence-electron chi connectivity index (χ3n) is 4.38. The monoisotopic (exact) mass is 372 g/mol. The summed E-state index contributed by atoms with van der Waals surface area (Å²) >= 11 is 0. The highest BCUT2D eigenvalue weighted by molar-refractivity contribution is 6.07. The van der Waals surface area contributed by atoms with Gasteiger partial charge >= 0.3 is 0 Å². The second kappa shape index (κ2) is 8.44. The number of ether oxygens (including phenoxy) is 3. The molecule has 4 rings (SSSR count). The molecule has 0 atom stereocenters. The summed E-state index contributed by atoms with van der Waals surface area (Å²) < 4.78 is 16.8. The Bertz CT molecular complexity index is 975. The number of allylic oxidation sites excluding steroid dienone is 1. The summed E-state index contributed by atoms with van der Waals surface area (Å²) in [4.78, 5) is 12.4. The van der Waals surface area contributed by atoms with Gasteiger partial charge in [-0.25, -0.2) is 0 Å². The Balaban J connectivity index is 1.37. The largest absolute Gasteiger partial charge is 0.489 e. The molecule has 4 heteroatoms. The average Bonchev–Trinajstić information content (AvgIpc) is 2.77. The molecule has 0 aliphatic carbocycles. The number of hydrogen-bond acceptors (Lipinski definition) is 4. The summed E-state index contributed by atoms with van der Waals surface area (Å²) in [5.41, 5.74) is 2.62. The van der Waals surface area contributed by atoms with Gasteiger partial charge in [-0.05, 0) is 47.5 Å². The van der Waals surface area contributed by atoms with Crippen LogP contribution in [0.1, 0.15) is 21.5 Å². The number of ketones is 1. The number of hydrogen-bond donors (Lipinski definition) is 0. The predicted octanol–water partition coefficient (Wildman–Crippen LogP) is 4.93. The number of benzene rings is 3. The van der Waals surface area contributed by atoms with Crippen molar-refractivity contribution in [1.82, 2.24) is 0 Å². The summed E-state index contributed by atoms with van der Waals surface area (Å²) in [6.07, 6.45) is 3.35. The van der Waals surface area contributed by atoms with E-state index in [2.05, 4.69) is 0 Å². The van der Waals surface area contributed by atoms with Crippen molar-refractivity contribution < 1.29 is 19.0 Å². The van der Waals surface area contributed by atoms with Crippen LogP contribution in [0.15, 0.2) is 78.9 Å². The van der Waals surface area contributed by atoms with E-state index in [1.54, 1.807) is 30.4 Å². The first-order chi connectivity index (χ1) is 13.8. The van der Waals surface area contributed by atoms with Gasteiger partial charge in [0.1, 0.15) is 25.6 Å². The lowest BCUT2D eigenvalue weighted by Crippen LogP contribution is -2.15. The normalized spacial score (nSPS) is 12.7. The lowest BCUT2D eigenvalue weighted by atomic mass is 10.1. The van der Waals surface area contributed by atoms with E-state index in [1.807, 2.05) is 54.6 Å². The van der Waals surface area contributed by atoms with E-state index in [-0.39, 0.29) is 5.78 Å². The Kier molecular flexibility index (Phi) is 5.38. The Morgan fingerprint density at radius 1 is 0.893 bits per heavy atom. The molecule has 3 aromatic carbocycles. The fraction of sp³-hybridized carbons (Fsp3) is 0.125. The third kappa shape index (κ3) is 4.41. The van der Waals surface area contributed by atoms with Crippen molar-refractivity contribution >= 4 is 11.9 Å². The maximum absolute atomic E-state index is 12.4. The standard InChI is InChI=1S/C24H20O4/c25-22(20-9-13-23-24(16-20)27-15-14-26-23)12-8-18-6-10-21(11-7-18)28-17-19-4-2-1-3-5-19/h1-13,16H,14-15,17H2. The van der Waals surface area contributed by atoms with Gasteiger partial charge in [-0.3, -0.25) is 4.79 Å². The van der Waals surface area contributed by atoms with Crippen LogP contribution in [0.3, 0.4) is 0 Å². The van der Waals surface area contributed by atoms with Gasteiger partial charge in [-0.15, -0.1) is 0 Å². The highest BCUT2D eigenvalue weighted by Crippen LogP contribution is 2.31. The molecule has 0 unspecified atom stereocenters. The van der Waals surface area contributed by atoms with Gasteiger partial charge in [0.25, 0.3) is 0 Å². The minimum absolute atomic E-state index is 0.0821. The minimum Gasteiger partial charge on any atom is -0.489 e. The van der Waals surface area contributed by atoms with Gasteiger partial charge in [0.2, 0.25) is 0 Å². The van der Waals surface area contributed by atoms with Crippen molar-refractivity contribution in [3.63, 3.8) is 0 Å². The molecule has 1 aliphatic rings. The van der Waals surface area contributed by atoms with Gasteiger partial charge in [-0.2, -0.15) is 0 Å². The van der Waals surface area contributed by atoms with Crippen molar-refractivity contribution in [3.05, 3.63) is 95.6 Å². The molecular weight excluding hydrogens is 352 g/mol. The van der Waals surface area contributed by atoms with Crippen LogP contribution < -0.4 is 14.2 Å². The first-order valence-electron chi connectivity index (χ1n) is 9.17. The smallest absolute Gasteiger partial charge is 0.185 e. The second-order valence-corrected chi connectivity index (χ2v) is 6.40. The molecular formula is C24H20O4. The zero-order valence-electron chi connectivity index (χ0n) is 15.3. The molecule has 0 amide bonds. The number of rotatable bonds is 6. The molecule has 4 nitrogen and oxygen atoms in total. The Labute approximate surface area is 164 Å². The van der Waals surface area contributed by atoms with Crippen molar-refractivity contribution in [1.29, 1.82) is 0 Å². The van der Waals surface area contributed by atoms with Crippen molar-refractivity contribution in [2.45, 2.75) is 6.61 Å². The molecule has 0 bridgehead atoms. The molecule has 1 aliphatic heterocycles. The highest BCUT2D eigenvalue weighted by Gasteiger charge is 2.13. The molecule has 28 heavy (non-hydrogen) atoms. The van der Waals surface area contributed by atoms with Crippen LogP contribution in [0.25, 0.3) is 6.08 Å². The van der Waals surface area contributed by atoms with E-state index in [9.17, 15) is 4.79 Å². The summed E-state index contributed by atoms with van der Waals surface area (Å²) in [5.74, 6) is 2.00. The summed E-state index contributed by atoms with van der Waals surface area (Å²) in [6, 6.07) is 22.9. The number of carbonyl (C=O) groups is 1. The maximum Gasteiger partial charge on any atom is 0.185 e. The molecule has 1 heterocycles. The molecule has 0 aromatic heterocycles. The topological polar surface area (TPSA) is 44.8 Å². The van der Waals surface area contributed by atoms with Crippen molar-refractivity contribution in [2.75, 3.05) is 13.2 Å². The fourth-order valence-corrected chi connectivity index (χ4v) is 2.88. The summed E-state index contributed by atoms with van der Waals surface area (Å²) in [7, 11) is 0. The molecule has 0 saturated carbocycles. The summed E-state index contributed by atoms with van der Waals surface area (Å²) in [6.45, 7) is 1.56. The van der Waals surface area contributed by atoms with E-state index in [0.717, 1.165) is 16.9 Å². The van der Waals surface area contributed by atoms with Crippen LogP contribution >= 0.6 is 0 Å². The molecule has 0 saturated heterocycles. The SMILES string of the molecule is O=C(C=Cc1ccc(OCc2ccccc2)cc1)c1ccc2c(c1)OCCO2. The lowest BCUT2D eigenvalue weighted by Gasteiger charge is -2.18. The third-order valence-corrected chi connectivity index (χ3v) is 4.38.